The second-order valence-electron chi connectivity index (χ2n) is 2.57. The van der Waals surface area contributed by atoms with E-state index in [4.69, 9.17) is 4.74 Å². The largest absolute Gasteiger partial charge is 0.376 e. The van der Waals surface area contributed by atoms with Gasteiger partial charge in [-0.3, -0.25) is 0 Å². The van der Waals surface area contributed by atoms with Gasteiger partial charge in [-0.15, -0.1) is 0 Å². The molecule has 66 valence electrons. The molecule has 1 aromatic carbocycles. The summed E-state index contributed by atoms with van der Waals surface area (Å²) in [6.07, 6.45) is 1.08. The summed E-state index contributed by atoms with van der Waals surface area (Å²) < 4.78 is 5.30. The molecule has 0 aliphatic carbocycles. The molecular formula is C11H16O. The number of fused-ring (bicyclic) bond motifs is 1. The van der Waals surface area contributed by atoms with Gasteiger partial charge in [-0.2, -0.15) is 0 Å². The van der Waals surface area contributed by atoms with E-state index in [1.54, 1.807) is 0 Å². The zero-order valence-corrected chi connectivity index (χ0v) is 7.84. The van der Waals surface area contributed by atoms with Gasteiger partial charge in [0.05, 0.1) is 13.2 Å². The van der Waals surface area contributed by atoms with Crippen molar-refractivity contribution in [2.45, 2.75) is 26.9 Å². The Balaban J connectivity index is 0.000000336. The first kappa shape index (κ1) is 9.27. The summed E-state index contributed by atoms with van der Waals surface area (Å²) in [5.74, 6) is 0. The Kier molecular flexibility index (Phi) is 3.81. The molecule has 0 N–H and O–H groups in total. The van der Waals surface area contributed by atoms with Crippen molar-refractivity contribution in [3.8, 4) is 0 Å². The Labute approximate surface area is 74.4 Å². The van der Waals surface area contributed by atoms with Crippen LogP contribution in [0.3, 0.4) is 0 Å². The minimum Gasteiger partial charge on any atom is -0.376 e. The van der Waals surface area contributed by atoms with E-state index in [1.165, 1.54) is 11.1 Å². The average Bonchev–Trinajstić information content (AvgIpc) is 2.21. The molecule has 2 rings (SSSR count). The van der Waals surface area contributed by atoms with Crippen molar-refractivity contribution < 1.29 is 4.74 Å². The lowest BCUT2D eigenvalue weighted by molar-refractivity contribution is 0.111. The van der Waals surface area contributed by atoms with Crippen molar-refractivity contribution in [2.75, 3.05) is 6.61 Å². The highest BCUT2D eigenvalue weighted by Crippen LogP contribution is 2.14. The molecule has 0 unspecified atom stereocenters. The van der Waals surface area contributed by atoms with E-state index in [2.05, 4.69) is 24.3 Å². The zero-order chi connectivity index (χ0) is 8.81. The van der Waals surface area contributed by atoms with E-state index < -0.39 is 0 Å². The lowest BCUT2D eigenvalue weighted by Gasteiger charge is -2.14. The predicted molar refractivity (Wildman–Crippen MR) is 51.2 cm³/mol. The first-order valence-corrected chi connectivity index (χ1v) is 4.61. The van der Waals surface area contributed by atoms with Gasteiger partial charge in [-0.25, -0.2) is 0 Å². The van der Waals surface area contributed by atoms with Crippen molar-refractivity contribution in [3.05, 3.63) is 35.4 Å². The van der Waals surface area contributed by atoms with E-state index in [9.17, 15) is 0 Å². The maximum Gasteiger partial charge on any atom is 0.0719 e. The van der Waals surface area contributed by atoms with Gasteiger partial charge in [-0.1, -0.05) is 38.1 Å². The van der Waals surface area contributed by atoms with Crippen molar-refractivity contribution in [1.29, 1.82) is 0 Å². The van der Waals surface area contributed by atoms with E-state index >= 15 is 0 Å². The average molecular weight is 164 g/mol. The number of ether oxygens (including phenoxy) is 1. The monoisotopic (exact) mass is 164 g/mol. The predicted octanol–water partition coefficient (Wildman–Crippen LogP) is 2.79. The Morgan fingerprint density at radius 3 is 2.42 bits per heavy atom. The molecular weight excluding hydrogens is 148 g/mol. The van der Waals surface area contributed by atoms with E-state index in [1.807, 2.05) is 13.8 Å². The smallest absolute Gasteiger partial charge is 0.0719 e. The third-order valence-electron chi connectivity index (χ3n) is 1.89. The highest BCUT2D eigenvalue weighted by atomic mass is 16.5. The van der Waals surface area contributed by atoms with E-state index in [0.717, 1.165) is 19.6 Å². The SMILES string of the molecule is CC.c1ccc2c(c1)CCOC2. The molecule has 0 saturated carbocycles. The van der Waals surface area contributed by atoms with Gasteiger partial charge in [0.1, 0.15) is 0 Å². The van der Waals surface area contributed by atoms with Crippen molar-refractivity contribution in [1.82, 2.24) is 0 Å². The molecule has 0 spiro atoms. The molecule has 1 nitrogen and oxygen atoms in total. The van der Waals surface area contributed by atoms with Gasteiger partial charge >= 0.3 is 0 Å². The van der Waals surface area contributed by atoms with Gasteiger partial charge in [0.15, 0.2) is 0 Å². The van der Waals surface area contributed by atoms with Crippen LogP contribution in [0.5, 0.6) is 0 Å². The van der Waals surface area contributed by atoms with Crippen LogP contribution in [-0.4, -0.2) is 6.61 Å². The Morgan fingerprint density at radius 1 is 1.08 bits per heavy atom. The lowest BCUT2D eigenvalue weighted by atomic mass is 10.0. The van der Waals surface area contributed by atoms with Crippen LogP contribution in [0, 0.1) is 0 Å². The number of benzene rings is 1. The zero-order valence-electron chi connectivity index (χ0n) is 7.84. The molecule has 1 aliphatic heterocycles. The second-order valence-corrected chi connectivity index (χ2v) is 2.57. The van der Waals surface area contributed by atoms with Crippen LogP contribution in [0.4, 0.5) is 0 Å². The molecule has 0 atom stereocenters. The van der Waals surface area contributed by atoms with Gasteiger partial charge in [0.2, 0.25) is 0 Å². The van der Waals surface area contributed by atoms with Crippen molar-refractivity contribution in [3.63, 3.8) is 0 Å². The summed E-state index contributed by atoms with van der Waals surface area (Å²) in [6, 6.07) is 8.46. The topological polar surface area (TPSA) is 9.23 Å². The van der Waals surface area contributed by atoms with E-state index in [0.29, 0.717) is 0 Å². The summed E-state index contributed by atoms with van der Waals surface area (Å²) >= 11 is 0. The molecule has 0 bridgehead atoms. The minimum atomic E-state index is 0.802. The number of hydrogen-bond acceptors (Lipinski definition) is 1. The van der Waals surface area contributed by atoms with Crippen LogP contribution in [-0.2, 0) is 17.8 Å². The van der Waals surface area contributed by atoms with Crippen LogP contribution < -0.4 is 0 Å². The van der Waals surface area contributed by atoms with E-state index in [-0.39, 0.29) is 0 Å². The van der Waals surface area contributed by atoms with Crippen LogP contribution in [0.2, 0.25) is 0 Å². The van der Waals surface area contributed by atoms with Gasteiger partial charge in [-0.05, 0) is 17.5 Å². The first-order valence-electron chi connectivity index (χ1n) is 4.61. The molecule has 0 amide bonds. The highest BCUT2D eigenvalue weighted by Gasteiger charge is 2.06. The van der Waals surface area contributed by atoms with Crippen molar-refractivity contribution in [2.24, 2.45) is 0 Å². The highest BCUT2D eigenvalue weighted by molar-refractivity contribution is 5.27. The van der Waals surface area contributed by atoms with Gasteiger partial charge in [0.25, 0.3) is 0 Å². The summed E-state index contributed by atoms with van der Waals surface area (Å²) in [5.41, 5.74) is 2.81. The Morgan fingerprint density at radius 2 is 1.75 bits per heavy atom. The third kappa shape index (κ3) is 2.08. The molecule has 1 aliphatic rings. The molecule has 1 heterocycles. The third-order valence-corrected chi connectivity index (χ3v) is 1.89. The summed E-state index contributed by atoms with van der Waals surface area (Å²) in [5, 5.41) is 0. The molecule has 0 radical (unpaired) electrons. The normalized spacial score (nSPS) is 14.2. The second kappa shape index (κ2) is 4.94. The maximum atomic E-state index is 5.30. The molecule has 0 aromatic heterocycles. The standard InChI is InChI=1S/C9H10O.C2H6/c1-2-4-9-7-10-6-5-8(9)3-1;1-2/h1-4H,5-7H2;1-2H3. The first-order chi connectivity index (χ1) is 5.97. The van der Waals surface area contributed by atoms with Crippen LogP contribution in [0.1, 0.15) is 25.0 Å². The molecule has 1 heteroatoms. The Hall–Kier alpha value is -0.820. The number of hydrogen-bond donors (Lipinski definition) is 0. The molecule has 0 saturated heterocycles. The maximum absolute atomic E-state index is 5.30. The van der Waals surface area contributed by atoms with Gasteiger partial charge in [0, 0.05) is 0 Å². The van der Waals surface area contributed by atoms with Crippen LogP contribution >= 0.6 is 0 Å². The molecule has 0 fully saturated rings. The van der Waals surface area contributed by atoms with Gasteiger partial charge < -0.3 is 4.74 Å². The fourth-order valence-corrected chi connectivity index (χ4v) is 1.31. The van der Waals surface area contributed by atoms with Crippen molar-refractivity contribution >= 4 is 0 Å². The van der Waals surface area contributed by atoms with Crippen LogP contribution in [0.25, 0.3) is 0 Å². The summed E-state index contributed by atoms with van der Waals surface area (Å²) in [7, 11) is 0. The quantitative estimate of drug-likeness (QED) is 0.573. The fourth-order valence-electron chi connectivity index (χ4n) is 1.31. The number of rotatable bonds is 0. The van der Waals surface area contributed by atoms with Crippen LogP contribution in [0.15, 0.2) is 24.3 Å². The summed E-state index contributed by atoms with van der Waals surface area (Å²) in [4.78, 5) is 0. The summed E-state index contributed by atoms with van der Waals surface area (Å²) in [6.45, 7) is 5.69. The minimum absolute atomic E-state index is 0.802. The Bertz CT molecular complexity index is 205. The fraction of sp³-hybridized carbons (Fsp3) is 0.455. The molecule has 1 aromatic rings. The molecule has 12 heavy (non-hydrogen) atoms. The lowest BCUT2D eigenvalue weighted by Crippen LogP contribution is -2.08.